The summed E-state index contributed by atoms with van der Waals surface area (Å²) in [5.41, 5.74) is 6.62. The molecule has 0 aliphatic heterocycles. The van der Waals surface area contributed by atoms with Crippen LogP contribution in [0.2, 0.25) is 0 Å². The number of nitrogens with two attached hydrogens (primary N) is 1. The third kappa shape index (κ3) is 2.62. The highest BCUT2D eigenvalue weighted by atomic mass is 16.1. The molecule has 3 heteroatoms. The Bertz CT molecular complexity index is 335. The standard InChI is InChI=1S/C10H10N2O/c1-2-8-3-5-9(6-4-8)12-10(13)7-11/h1,3-6H,7,11H2,(H,12,13). The van der Waals surface area contributed by atoms with Crippen LogP contribution in [0.25, 0.3) is 0 Å². The number of carbonyl (C=O) groups excluding carboxylic acids is 1. The second-order valence-electron chi connectivity index (χ2n) is 2.47. The maximum Gasteiger partial charge on any atom is 0.238 e. The Morgan fingerprint density at radius 2 is 2.08 bits per heavy atom. The van der Waals surface area contributed by atoms with E-state index in [1.54, 1.807) is 24.3 Å². The molecule has 3 N–H and O–H groups in total. The van der Waals surface area contributed by atoms with Crippen LogP contribution < -0.4 is 11.1 Å². The van der Waals surface area contributed by atoms with E-state index in [4.69, 9.17) is 12.2 Å². The fraction of sp³-hybridized carbons (Fsp3) is 0.100. The summed E-state index contributed by atoms with van der Waals surface area (Å²) in [5.74, 6) is 2.27. The van der Waals surface area contributed by atoms with Crippen molar-refractivity contribution in [1.29, 1.82) is 0 Å². The Hall–Kier alpha value is -1.79. The first-order valence-electron chi connectivity index (χ1n) is 3.83. The molecule has 0 saturated carbocycles. The SMILES string of the molecule is C#Cc1ccc(NC(=O)CN)cc1. The number of nitrogens with one attached hydrogen (secondary N) is 1. The van der Waals surface area contributed by atoms with Gasteiger partial charge >= 0.3 is 0 Å². The molecular formula is C10H10N2O. The first kappa shape index (κ1) is 9.30. The fourth-order valence-corrected chi connectivity index (χ4v) is 0.862. The van der Waals surface area contributed by atoms with Gasteiger partial charge in [0.2, 0.25) is 5.91 Å². The smallest absolute Gasteiger partial charge is 0.238 e. The summed E-state index contributed by atoms with van der Waals surface area (Å²) in [5, 5.41) is 2.61. The van der Waals surface area contributed by atoms with Crippen LogP contribution in [0.1, 0.15) is 5.56 Å². The van der Waals surface area contributed by atoms with Gasteiger partial charge in [0.25, 0.3) is 0 Å². The van der Waals surface area contributed by atoms with Crippen LogP contribution in [0, 0.1) is 12.3 Å². The predicted molar refractivity (Wildman–Crippen MR) is 52.1 cm³/mol. The van der Waals surface area contributed by atoms with Crippen molar-refractivity contribution in [3.05, 3.63) is 29.8 Å². The van der Waals surface area contributed by atoms with Crippen LogP contribution in [0.5, 0.6) is 0 Å². The van der Waals surface area contributed by atoms with E-state index in [0.717, 1.165) is 5.56 Å². The third-order valence-corrected chi connectivity index (χ3v) is 1.52. The molecule has 0 aliphatic carbocycles. The number of carbonyl (C=O) groups is 1. The topological polar surface area (TPSA) is 55.1 Å². The zero-order valence-corrected chi connectivity index (χ0v) is 7.08. The fourth-order valence-electron chi connectivity index (χ4n) is 0.862. The number of anilines is 1. The number of terminal acetylenes is 1. The van der Waals surface area contributed by atoms with Crippen LogP contribution in [0.3, 0.4) is 0 Å². The molecule has 3 nitrogen and oxygen atoms in total. The molecule has 0 unspecified atom stereocenters. The van der Waals surface area contributed by atoms with E-state index in [2.05, 4.69) is 11.2 Å². The molecule has 0 radical (unpaired) electrons. The van der Waals surface area contributed by atoms with E-state index in [0.29, 0.717) is 5.69 Å². The molecule has 0 heterocycles. The molecule has 0 fully saturated rings. The van der Waals surface area contributed by atoms with Crippen molar-refractivity contribution in [3.63, 3.8) is 0 Å². The predicted octanol–water partition coefficient (Wildman–Crippen LogP) is 0.565. The first-order chi connectivity index (χ1) is 6.26. The Labute approximate surface area is 76.9 Å². The molecule has 1 amide bonds. The van der Waals surface area contributed by atoms with Crippen molar-refractivity contribution in [1.82, 2.24) is 0 Å². The van der Waals surface area contributed by atoms with Gasteiger partial charge in [-0.05, 0) is 24.3 Å². The van der Waals surface area contributed by atoms with E-state index in [1.165, 1.54) is 0 Å². The Morgan fingerprint density at radius 1 is 1.46 bits per heavy atom. The van der Waals surface area contributed by atoms with Gasteiger partial charge in [-0.2, -0.15) is 0 Å². The van der Waals surface area contributed by atoms with Gasteiger partial charge < -0.3 is 11.1 Å². The van der Waals surface area contributed by atoms with Crippen molar-refractivity contribution in [2.24, 2.45) is 5.73 Å². The van der Waals surface area contributed by atoms with Crippen molar-refractivity contribution < 1.29 is 4.79 Å². The Kier molecular flexibility index (Phi) is 3.07. The molecule has 0 bridgehead atoms. The molecule has 1 rings (SSSR count). The summed E-state index contributed by atoms with van der Waals surface area (Å²) in [7, 11) is 0. The average molecular weight is 174 g/mol. The van der Waals surface area contributed by atoms with Gasteiger partial charge in [0.05, 0.1) is 6.54 Å². The zero-order chi connectivity index (χ0) is 9.68. The summed E-state index contributed by atoms with van der Waals surface area (Å²) >= 11 is 0. The number of benzene rings is 1. The summed E-state index contributed by atoms with van der Waals surface area (Å²) in [6, 6.07) is 6.99. The van der Waals surface area contributed by atoms with E-state index in [1.807, 2.05) is 0 Å². The maximum atomic E-state index is 10.9. The highest BCUT2D eigenvalue weighted by Gasteiger charge is 1.97. The van der Waals surface area contributed by atoms with Crippen molar-refractivity contribution in [2.75, 3.05) is 11.9 Å². The van der Waals surface area contributed by atoms with Crippen molar-refractivity contribution in [3.8, 4) is 12.3 Å². The van der Waals surface area contributed by atoms with Gasteiger partial charge in [-0.3, -0.25) is 4.79 Å². The van der Waals surface area contributed by atoms with E-state index in [9.17, 15) is 4.79 Å². The number of hydrogen-bond acceptors (Lipinski definition) is 2. The molecule has 0 aromatic heterocycles. The van der Waals surface area contributed by atoms with Gasteiger partial charge in [-0.25, -0.2) is 0 Å². The molecule has 1 aromatic carbocycles. The molecular weight excluding hydrogens is 164 g/mol. The second-order valence-corrected chi connectivity index (χ2v) is 2.47. The van der Waals surface area contributed by atoms with Crippen LogP contribution in [0.4, 0.5) is 5.69 Å². The zero-order valence-electron chi connectivity index (χ0n) is 7.08. The number of hydrogen-bond donors (Lipinski definition) is 2. The van der Waals surface area contributed by atoms with Crippen LogP contribution in [0.15, 0.2) is 24.3 Å². The van der Waals surface area contributed by atoms with Crippen LogP contribution in [-0.2, 0) is 4.79 Å². The van der Waals surface area contributed by atoms with E-state index < -0.39 is 0 Å². The minimum atomic E-state index is -0.214. The van der Waals surface area contributed by atoms with Gasteiger partial charge in [0, 0.05) is 11.3 Å². The lowest BCUT2D eigenvalue weighted by Crippen LogP contribution is -2.21. The van der Waals surface area contributed by atoms with Crippen molar-refractivity contribution in [2.45, 2.75) is 0 Å². The largest absolute Gasteiger partial charge is 0.325 e. The molecule has 1 aromatic rings. The molecule has 0 aliphatic rings. The monoisotopic (exact) mass is 174 g/mol. The van der Waals surface area contributed by atoms with Gasteiger partial charge in [0.15, 0.2) is 0 Å². The van der Waals surface area contributed by atoms with Gasteiger partial charge in [-0.15, -0.1) is 6.42 Å². The third-order valence-electron chi connectivity index (χ3n) is 1.52. The van der Waals surface area contributed by atoms with Crippen LogP contribution >= 0.6 is 0 Å². The Balaban J connectivity index is 2.71. The van der Waals surface area contributed by atoms with E-state index in [-0.39, 0.29) is 12.5 Å². The molecule has 13 heavy (non-hydrogen) atoms. The highest BCUT2D eigenvalue weighted by Crippen LogP contribution is 2.07. The molecule has 66 valence electrons. The lowest BCUT2D eigenvalue weighted by molar-refractivity contribution is -0.114. The summed E-state index contributed by atoms with van der Waals surface area (Å²) in [4.78, 5) is 10.9. The molecule has 0 saturated heterocycles. The number of amides is 1. The maximum absolute atomic E-state index is 10.9. The molecule has 0 atom stereocenters. The second kappa shape index (κ2) is 4.29. The summed E-state index contributed by atoms with van der Waals surface area (Å²) in [6.45, 7) is -0.0170. The lowest BCUT2D eigenvalue weighted by Gasteiger charge is -2.02. The normalized spacial score (nSPS) is 8.92. The number of rotatable bonds is 2. The van der Waals surface area contributed by atoms with Gasteiger partial charge in [-0.1, -0.05) is 5.92 Å². The minimum absolute atomic E-state index is 0.0170. The summed E-state index contributed by atoms with van der Waals surface area (Å²) in [6.07, 6.45) is 5.17. The highest BCUT2D eigenvalue weighted by molar-refractivity contribution is 5.92. The minimum Gasteiger partial charge on any atom is -0.325 e. The Morgan fingerprint density at radius 3 is 2.54 bits per heavy atom. The average Bonchev–Trinajstić information content (AvgIpc) is 2.19. The van der Waals surface area contributed by atoms with Crippen LogP contribution in [-0.4, -0.2) is 12.5 Å². The molecule has 0 spiro atoms. The van der Waals surface area contributed by atoms with Gasteiger partial charge in [0.1, 0.15) is 0 Å². The lowest BCUT2D eigenvalue weighted by atomic mass is 10.2. The first-order valence-corrected chi connectivity index (χ1v) is 3.83. The quantitative estimate of drug-likeness (QED) is 0.644. The van der Waals surface area contributed by atoms with E-state index >= 15 is 0 Å². The summed E-state index contributed by atoms with van der Waals surface area (Å²) < 4.78 is 0. The van der Waals surface area contributed by atoms with Crippen molar-refractivity contribution >= 4 is 11.6 Å².